The summed E-state index contributed by atoms with van der Waals surface area (Å²) in [6.07, 6.45) is 12.3. The Balaban J connectivity index is 1.72. The fourth-order valence-corrected chi connectivity index (χ4v) is 5.80. The molecule has 0 bridgehead atoms. The normalized spacial score (nSPS) is 17.8. The molecule has 0 radical (unpaired) electrons. The van der Waals surface area contributed by atoms with E-state index >= 15 is 0 Å². The highest BCUT2D eigenvalue weighted by atomic mass is 16.5. The zero-order chi connectivity index (χ0) is 23.2. The molecule has 0 atom stereocenters. The lowest BCUT2D eigenvalue weighted by atomic mass is 9.81. The molecular weight excluding hydrogens is 412 g/mol. The molecule has 4 nitrogen and oxygen atoms in total. The molecule has 0 aliphatic heterocycles. The number of rotatable bonds is 8. The van der Waals surface area contributed by atoms with Gasteiger partial charge in [-0.2, -0.15) is 0 Å². The molecule has 4 rings (SSSR count). The smallest absolute Gasteiger partial charge is 0.122 e. The lowest BCUT2D eigenvalue weighted by Gasteiger charge is -2.26. The largest absolute Gasteiger partial charge is 0.507 e. The predicted octanol–water partition coefficient (Wildman–Crippen LogP) is 7.58. The van der Waals surface area contributed by atoms with Crippen LogP contribution in [0.5, 0.6) is 23.0 Å². The van der Waals surface area contributed by atoms with Gasteiger partial charge in [0.25, 0.3) is 0 Å². The monoisotopic (exact) mass is 452 g/mol. The summed E-state index contributed by atoms with van der Waals surface area (Å²) in [6, 6.07) is 7.95. The van der Waals surface area contributed by atoms with Gasteiger partial charge < -0.3 is 19.7 Å². The molecule has 2 fully saturated rings. The minimum absolute atomic E-state index is 0.366. The summed E-state index contributed by atoms with van der Waals surface area (Å²) in [5, 5.41) is 22.6. The van der Waals surface area contributed by atoms with Crippen molar-refractivity contribution in [1.82, 2.24) is 0 Å². The van der Waals surface area contributed by atoms with Crippen LogP contribution >= 0.6 is 0 Å². The Morgan fingerprint density at radius 1 is 0.636 bits per heavy atom. The zero-order valence-corrected chi connectivity index (χ0v) is 20.4. The van der Waals surface area contributed by atoms with E-state index in [-0.39, 0.29) is 0 Å². The number of phenolic OH excluding ortho intramolecular Hbond substituents is 2. The number of ether oxygens (including phenoxy) is 2. The van der Waals surface area contributed by atoms with Crippen molar-refractivity contribution in [3.8, 4) is 23.0 Å². The Hall–Kier alpha value is -2.36. The fraction of sp³-hybridized carbons (Fsp3) is 0.586. The first-order chi connectivity index (χ1) is 16.1. The van der Waals surface area contributed by atoms with Gasteiger partial charge in [0, 0.05) is 28.7 Å². The van der Waals surface area contributed by atoms with Crippen molar-refractivity contribution in [2.24, 2.45) is 0 Å². The molecule has 33 heavy (non-hydrogen) atoms. The van der Waals surface area contributed by atoms with Crippen molar-refractivity contribution in [1.29, 1.82) is 0 Å². The van der Waals surface area contributed by atoms with Crippen LogP contribution < -0.4 is 9.47 Å². The highest BCUT2D eigenvalue weighted by Crippen LogP contribution is 2.44. The molecule has 2 aromatic carbocycles. The number of benzene rings is 2. The van der Waals surface area contributed by atoms with Crippen molar-refractivity contribution >= 4 is 0 Å². The Labute approximate surface area is 198 Å². The maximum absolute atomic E-state index is 11.3. The molecule has 2 saturated carbocycles. The summed E-state index contributed by atoms with van der Waals surface area (Å²) in [5.41, 5.74) is 3.65. The lowest BCUT2D eigenvalue weighted by Crippen LogP contribution is -2.08. The second-order valence-corrected chi connectivity index (χ2v) is 9.75. The Bertz CT molecular complexity index is 848. The van der Waals surface area contributed by atoms with E-state index in [1.807, 2.05) is 38.1 Å². The first kappa shape index (κ1) is 23.8. The van der Waals surface area contributed by atoms with E-state index in [0.717, 1.165) is 59.4 Å². The van der Waals surface area contributed by atoms with E-state index in [1.54, 1.807) is 0 Å². The third-order valence-corrected chi connectivity index (χ3v) is 7.48. The molecule has 180 valence electrons. The third-order valence-electron chi connectivity index (χ3n) is 7.48. The van der Waals surface area contributed by atoms with Crippen LogP contribution in [0.3, 0.4) is 0 Å². The SMILES string of the molecule is CCOc1cc(Cc2cc(OCC)cc(C3CCCCC3)c2O)c(O)c(C2CCCCC2)c1. The average molecular weight is 453 g/mol. The molecular formula is C29H40O4. The van der Waals surface area contributed by atoms with Crippen LogP contribution in [-0.2, 0) is 6.42 Å². The van der Waals surface area contributed by atoms with E-state index in [9.17, 15) is 10.2 Å². The molecule has 2 N–H and O–H groups in total. The summed E-state index contributed by atoms with van der Waals surface area (Å²) < 4.78 is 11.8. The average Bonchev–Trinajstić information content (AvgIpc) is 2.84. The molecule has 2 aliphatic carbocycles. The van der Waals surface area contributed by atoms with Crippen molar-refractivity contribution in [2.45, 2.75) is 96.3 Å². The Morgan fingerprint density at radius 3 is 1.39 bits per heavy atom. The van der Waals surface area contributed by atoms with Gasteiger partial charge in [-0.05, 0) is 75.6 Å². The highest BCUT2D eigenvalue weighted by molar-refractivity contribution is 5.54. The molecule has 0 saturated heterocycles. The van der Waals surface area contributed by atoms with E-state index in [1.165, 1.54) is 38.5 Å². The number of phenols is 2. The number of hydrogen-bond donors (Lipinski definition) is 2. The molecule has 4 heteroatoms. The quantitative estimate of drug-likeness (QED) is 0.433. The molecule has 0 unspecified atom stereocenters. The van der Waals surface area contributed by atoms with Crippen molar-refractivity contribution in [3.63, 3.8) is 0 Å². The summed E-state index contributed by atoms with van der Waals surface area (Å²) in [5.74, 6) is 3.09. The van der Waals surface area contributed by atoms with Gasteiger partial charge in [0.2, 0.25) is 0 Å². The van der Waals surface area contributed by atoms with Gasteiger partial charge in [0.15, 0.2) is 0 Å². The van der Waals surface area contributed by atoms with Gasteiger partial charge in [0.1, 0.15) is 23.0 Å². The summed E-state index contributed by atoms with van der Waals surface area (Å²) in [4.78, 5) is 0. The van der Waals surface area contributed by atoms with Gasteiger partial charge in [-0.25, -0.2) is 0 Å². The minimum atomic E-state index is 0.366. The highest BCUT2D eigenvalue weighted by Gasteiger charge is 2.25. The van der Waals surface area contributed by atoms with Gasteiger partial charge in [-0.3, -0.25) is 0 Å². The molecule has 0 heterocycles. The third kappa shape index (κ3) is 5.59. The van der Waals surface area contributed by atoms with Crippen molar-refractivity contribution in [2.75, 3.05) is 13.2 Å². The van der Waals surface area contributed by atoms with Crippen LogP contribution in [0.15, 0.2) is 24.3 Å². The van der Waals surface area contributed by atoms with Crippen LogP contribution in [-0.4, -0.2) is 23.4 Å². The van der Waals surface area contributed by atoms with Crippen molar-refractivity contribution < 1.29 is 19.7 Å². The van der Waals surface area contributed by atoms with Gasteiger partial charge in [-0.1, -0.05) is 38.5 Å². The van der Waals surface area contributed by atoms with Crippen LogP contribution in [0.2, 0.25) is 0 Å². The Morgan fingerprint density at radius 2 is 1.03 bits per heavy atom. The van der Waals surface area contributed by atoms with Gasteiger partial charge in [0.05, 0.1) is 13.2 Å². The molecule has 2 aliphatic rings. The summed E-state index contributed by atoms with van der Waals surface area (Å²) >= 11 is 0. The lowest BCUT2D eigenvalue weighted by molar-refractivity contribution is 0.335. The van der Waals surface area contributed by atoms with E-state index in [0.29, 0.717) is 43.0 Å². The molecule has 0 spiro atoms. The zero-order valence-electron chi connectivity index (χ0n) is 20.4. The Kier molecular flexibility index (Phi) is 8.06. The minimum Gasteiger partial charge on any atom is -0.507 e. The number of aromatic hydroxyl groups is 2. The fourth-order valence-electron chi connectivity index (χ4n) is 5.80. The second-order valence-electron chi connectivity index (χ2n) is 9.75. The predicted molar refractivity (Wildman–Crippen MR) is 133 cm³/mol. The van der Waals surface area contributed by atoms with Crippen LogP contribution in [0, 0.1) is 0 Å². The first-order valence-electron chi connectivity index (χ1n) is 13.1. The summed E-state index contributed by atoms with van der Waals surface area (Å²) in [6.45, 7) is 5.15. The maximum atomic E-state index is 11.3. The van der Waals surface area contributed by atoms with Gasteiger partial charge >= 0.3 is 0 Å². The topological polar surface area (TPSA) is 58.9 Å². The molecule has 2 aromatic rings. The molecule has 0 amide bonds. The standard InChI is InChI=1S/C29H40O4/c1-3-32-24-16-22(28(30)26(18-24)20-11-7-5-8-12-20)15-23-17-25(33-4-2)19-27(29(23)31)21-13-9-6-10-14-21/h16-21,30-31H,3-15H2,1-2H3. The van der Waals surface area contributed by atoms with Crippen LogP contribution in [0.25, 0.3) is 0 Å². The van der Waals surface area contributed by atoms with E-state index in [4.69, 9.17) is 9.47 Å². The van der Waals surface area contributed by atoms with Crippen LogP contribution in [0.1, 0.15) is 112 Å². The van der Waals surface area contributed by atoms with E-state index in [2.05, 4.69) is 0 Å². The molecule has 0 aromatic heterocycles. The van der Waals surface area contributed by atoms with Crippen LogP contribution in [0.4, 0.5) is 0 Å². The first-order valence-corrected chi connectivity index (χ1v) is 13.1. The van der Waals surface area contributed by atoms with E-state index < -0.39 is 0 Å². The second kappa shape index (κ2) is 11.2. The summed E-state index contributed by atoms with van der Waals surface area (Å²) in [7, 11) is 0. The number of hydrogen-bond acceptors (Lipinski definition) is 4. The maximum Gasteiger partial charge on any atom is 0.122 e. The van der Waals surface area contributed by atoms with Crippen molar-refractivity contribution in [3.05, 3.63) is 46.5 Å². The van der Waals surface area contributed by atoms with Gasteiger partial charge in [-0.15, -0.1) is 0 Å².